The van der Waals surface area contributed by atoms with Gasteiger partial charge in [0, 0.05) is 13.0 Å². The van der Waals surface area contributed by atoms with Crippen LogP contribution in [0.1, 0.15) is 6.42 Å². The van der Waals surface area contributed by atoms with Crippen LogP contribution >= 0.6 is 11.6 Å². The molecule has 2 atom stereocenters. The van der Waals surface area contributed by atoms with Crippen molar-refractivity contribution in [1.82, 2.24) is 5.32 Å². The molecule has 12 heavy (non-hydrogen) atoms. The molecule has 1 fully saturated rings. The Bertz CT molecular complexity index is 167. The molecular formula is C7H11ClFNO2. The van der Waals surface area contributed by atoms with Gasteiger partial charge in [-0.15, -0.1) is 11.6 Å². The van der Waals surface area contributed by atoms with Gasteiger partial charge in [-0.05, 0) is 0 Å². The molecule has 3 nitrogen and oxygen atoms in total. The van der Waals surface area contributed by atoms with E-state index in [0.717, 1.165) is 0 Å². The fourth-order valence-corrected chi connectivity index (χ4v) is 1.19. The number of ether oxygens (including phenoxy) is 1. The van der Waals surface area contributed by atoms with Crippen LogP contribution in [0.4, 0.5) is 4.39 Å². The summed E-state index contributed by atoms with van der Waals surface area (Å²) < 4.78 is 17.3. The van der Waals surface area contributed by atoms with Gasteiger partial charge in [0.15, 0.2) is 0 Å². The fraction of sp³-hybridized carbons (Fsp3) is 0.857. The van der Waals surface area contributed by atoms with Gasteiger partial charge < -0.3 is 10.1 Å². The second-order valence-electron chi connectivity index (χ2n) is 2.65. The van der Waals surface area contributed by atoms with Crippen LogP contribution in [0.3, 0.4) is 0 Å². The van der Waals surface area contributed by atoms with Crippen LogP contribution in [0, 0.1) is 0 Å². The van der Waals surface area contributed by atoms with Crippen LogP contribution in [0.25, 0.3) is 0 Å². The minimum Gasteiger partial charge on any atom is -0.463 e. The predicted octanol–water partition coefficient (Wildman–Crippen LogP) is 0.468. The van der Waals surface area contributed by atoms with Crippen LogP contribution in [0.2, 0.25) is 0 Å². The van der Waals surface area contributed by atoms with E-state index >= 15 is 0 Å². The van der Waals surface area contributed by atoms with Crippen LogP contribution in [-0.2, 0) is 9.53 Å². The zero-order valence-electron chi connectivity index (χ0n) is 6.56. The second kappa shape index (κ2) is 4.62. The molecule has 0 aromatic rings. The highest BCUT2D eigenvalue weighted by atomic mass is 35.5. The van der Waals surface area contributed by atoms with Gasteiger partial charge in [0.1, 0.15) is 18.8 Å². The molecule has 0 unspecified atom stereocenters. The van der Waals surface area contributed by atoms with Gasteiger partial charge in [0.2, 0.25) is 0 Å². The van der Waals surface area contributed by atoms with Gasteiger partial charge in [-0.2, -0.15) is 0 Å². The first-order chi connectivity index (χ1) is 5.74. The van der Waals surface area contributed by atoms with Crippen LogP contribution < -0.4 is 5.32 Å². The van der Waals surface area contributed by atoms with E-state index < -0.39 is 18.2 Å². The molecule has 0 bridgehead atoms. The average molecular weight is 196 g/mol. The van der Waals surface area contributed by atoms with Crippen molar-refractivity contribution >= 4 is 17.6 Å². The number of rotatable bonds is 3. The van der Waals surface area contributed by atoms with Crippen molar-refractivity contribution in [3.8, 4) is 0 Å². The number of carbonyl (C=O) groups excluding carboxylic acids is 1. The van der Waals surface area contributed by atoms with Gasteiger partial charge >= 0.3 is 5.97 Å². The number of nitrogens with one attached hydrogen (secondary N) is 1. The molecule has 1 heterocycles. The Morgan fingerprint density at radius 3 is 3.00 bits per heavy atom. The minimum absolute atomic E-state index is 0.190. The van der Waals surface area contributed by atoms with Crippen molar-refractivity contribution in [1.29, 1.82) is 0 Å². The summed E-state index contributed by atoms with van der Waals surface area (Å²) in [4.78, 5) is 11.0. The quantitative estimate of drug-likeness (QED) is 0.526. The van der Waals surface area contributed by atoms with E-state index in [1.165, 1.54) is 0 Å². The average Bonchev–Trinajstić information content (AvgIpc) is 2.47. The highest BCUT2D eigenvalue weighted by Gasteiger charge is 2.30. The maximum absolute atomic E-state index is 12.6. The third-order valence-corrected chi connectivity index (χ3v) is 1.84. The molecule has 0 spiro atoms. The Morgan fingerprint density at radius 1 is 1.75 bits per heavy atom. The topological polar surface area (TPSA) is 38.3 Å². The first kappa shape index (κ1) is 9.74. The summed E-state index contributed by atoms with van der Waals surface area (Å²) in [6.45, 7) is 0.427. The first-order valence-electron chi connectivity index (χ1n) is 3.84. The molecular weight excluding hydrogens is 185 g/mol. The van der Waals surface area contributed by atoms with E-state index in [0.29, 0.717) is 0 Å². The third-order valence-electron chi connectivity index (χ3n) is 1.68. The van der Waals surface area contributed by atoms with Crippen LogP contribution in [-0.4, -0.2) is 37.2 Å². The van der Waals surface area contributed by atoms with E-state index in [-0.39, 0.29) is 25.5 Å². The SMILES string of the molecule is O=C(OCCCl)[C@@H]1C[C@H](F)CN1. The molecule has 0 aromatic carbocycles. The zero-order valence-corrected chi connectivity index (χ0v) is 7.31. The first-order valence-corrected chi connectivity index (χ1v) is 4.37. The lowest BCUT2D eigenvalue weighted by molar-refractivity contribution is -0.145. The summed E-state index contributed by atoms with van der Waals surface area (Å²) in [6.07, 6.45) is -0.722. The molecule has 0 radical (unpaired) electrons. The lowest BCUT2D eigenvalue weighted by Crippen LogP contribution is -2.32. The van der Waals surface area contributed by atoms with Crippen molar-refractivity contribution in [2.45, 2.75) is 18.6 Å². The molecule has 1 saturated heterocycles. The second-order valence-corrected chi connectivity index (χ2v) is 3.03. The maximum Gasteiger partial charge on any atom is 0.323 e. The van der Waals surface area contributed by atoms with Gasteiger partial charge in [-0.25, -0.2) is 4.39 Å². The summed E-state index contributed by atoms with van der Waals surface area (Å²) in [5, 5.41) is 2.72. The summed E-state index contributed by atoms with van der Waals surface area (Å²) in [5.74, 6) is -0.131. The summed E-state index contributed by atoms with van der Waals surface area (Å²) >= 11 is 5.31. The Balaban J connectivity index is 2.23. The molecule has 1 aliphatic rings. The lowest BCUT2D eigenvalue weighted by atomic mass is 10.2. The number of hydrogen-bond donors (Lipinski definition) is 1. The lowest BCUT2D eigenvalue weighted by Gasteiger charge is -2.08. The van der Waals surface area contributed by atoms with Crippen LogP contribution in [0.5, 0.6) is 0 Å². The summed E-state index contributed by atoms with van der Waals surface area (Å²) in [5.41, 5.74) is 0. The fourth-order valence-electron chi connectivity index (χ4n) is 1.11. The van der Waals surface area contributed by atoms with Crippen molar-refractivity contribution < 1.29 is 13.9 Å². The molecule has 70 valence electrons. The highest BCUT2D eigenvalue weighted by molar-refractivity contribution is 6.18. The van der Waals surface area contributed by atoms with E-state index in [1.54, 1.807) is 0 Å². The molecule has 0 aromatic heterocycles. The zero-order chi connectivity index (χ0) is 8.97. The van der Waals surface area contributed by atoms with Crippen molar-refractivity contribution in [3.63, 3.8) is 0 Å². The maximum atomic E-state index is 12.6. The predicted molar refractivity (Wildman–Crippen MR) is 43.0 cm³/mol. The summed E-state index contributed by atoms with van der Waals surface area (Å²) in [6, 6.07) is -0.483. The monoisotopic (exact) mass is 195 g/mol. The Labute approximate surface area is 75.2 Å². The van der Waals surface area contributed by atoms with Crippen molar-refractivity contribution in [3.05, 3.63) is 0 Å². The van der Waals surface area contributed by atoms with Crippen LogP contribution in [0.15, 0.2) is 0 Å². The minimum atomic E-state index is -0.932. The van der Waals surface area contributed by atoms with Crippen molar-refractivity contribution in [2.75, 3.05) is 19.0 Å². The largest absolute Gasteiger partial charge is 0.463 e. The van der Waals surface area contributed by atoms with Crippen molar-refractivity contribution in [2.24, 2.45) is 0 Å². The van der Waals surface area contributed by atoms with E-state index in [9.17, 15) is 9.18 Å². The van der Waals surface area contributed by atoms with Gasteiger partial charge in [-0.3, -0.25) is 4.79 Å². The molecule has 0 amide bonds. The van der Waals surface area contributed by atoms with Gasteiger partial charge in [-0.1, -0.05) is 0 Å². The standard InChI is InChI=1S/C7H11ClFNO2/c8-1-2-12-7(11)6-3-5(9)4-10-6/h5-6,10H,1-4H2/t5-,6-/m0/s1. The molecule has 1 rings (SSSR count). The Morgan fingerprint density at radius 2 is 2.50 bits per heavy atom. The summed E-state index contributed by atoms with van der Waals surface area (Å²) in [7, 11) is 0. The molecule has 0 aliphatic carbocycles. The molecule has 1 N–H and O–H groups in total. The van der Waals surface area contributed by atoms with E-state index in [1.807, 2.05) is 0 Å². The highest BCUT2D eigenvalue weighted by Crippen LogP contribution is 2.10. The number of hydrogen-bond acceptors (Lipinski definition) is 3. The number of carbonyl (C=O) groups is 1. The Hall–Kier alpha value is -0.350. The molecule has 1 aliphatic heterocycles. The normalized spacial score (nSPS) is 28.8. The molecule has 0 saturated carbocycles. The Kier molecular flexibility index (Phi) is 3.75. The third kappa shape index (κ3) is 2.60. The number of halogens is 2. The van der Waals surface area contributed by atoms with Gasteiger partial charge in [0.05, 0.1) is 5.88 Å². The number of alkyl halides is 2. The molecule has 5 heteroatoms. The van der Waals surface area contributed by atoms with Gasteiger partial charge in [0.25, 0.3) is 0 Å². The van der Waals surface area contributed by atoms with E-state index in [2.05, 4.69) is 5.32 Å². The van der Waals surface area contributed by atoms with E-state index in [4.69, 9.17) is 16.3 Å². The smallest absolute Gasteiger partial charge is 0.323 e. The number of esters is 1.